The maximum atomic E-state index is 13.1. The highest BCUT2D eigenvalue weighted by atomic mass is 16.7. The minimum atomic E-state index is -1.11. The van der Waals surface area contributed by atoms with Gasteiger partial charge in [0.05, 0.1) is 27.2 Å². The Kier molecular flexibility index (Phi) is 10.7. The number of carbonyl (C=O) groups excluding carboxylic acids is 3. The van der Waals surface area contributed by atoms with Crippen molar-refractivity contribution in [2.45, 2.75) is 25.8 Å². The highest BCUT2D eigenvalue weighted by Gasteiger charge is 2.27. The number of benzene rings is 2. The van der Waals surface area contributed by atoms with Crippen LogP contribution < -0.4 is 24.3 Å². The van der Waals surface area contributed by atoms with Crippen molar-refractivity contribution in [1.82, 2.24) is 10.3 Å². The van der Waals surface area contributed by atoms with E-state index in [1.54, 1.807) is 26.4 Å². The van der Waals surface area contributed by atoms with Gasteiger partial charge in [-0.15, -0.1) is 0 Å². The van der Waals surface area contributed by atoms with Crippen LogP contribution in [0.25, 0.3) is 0 Å². The molecule has 0 saturated carbocycles. The molecule has 0 spiro atoms. The first-order valence-corrected chi connectivity index (χ1v) is 12.5. The van der Waals surface area contributed by atoms with Crippen LogP contribution in [0, 0.1) is 0 Å². The number of rotatable bonds is 13. The zero-order chi connectivity index (χ0) is 29.9. The lowest BCUT2D eigenvalue weighted by Gasteiger charge is -2.23. The van der Waals surface area contributed by atoms with Gasteiger partial charge >= 0.3 is 11.9 Å². The predicted molar refractivity (Wildman–Crippen MR) is 148 cm³/mol. The maximum Gasteiger partial charge on any atom is 0.333 e. The largest absolute Gasteiger partial charge is 0.497 e. The Morgan fingerprint density at radius 3 is 2.07 bits per heavy atom. The molecule has 0 fully saturated rings. The second-order valence-corrected chi connectivity index (χ2v) is 8.66. The van der Waals surface area contributed by atoms with Crippen LogP contribution in [0.1, 0.15) is 41.4 Å². The normalized spacial score (nSPS) is 11.2. The fourth-order valence-corrected chi connectivity index (χ4v) is 3.87. The number of hydrogen-bond donors (Lipinski definition) is 1. The predicted octanol–water partition coefficient (Wildman–Crippen LogP) is 4.01. The number of pyridine rings is 1. The molecule has 0 aliphatic rings. The second-order valence-electron chi connectivity index (χ2n) is 8.66. The minimum absolute atomic E-state index is 0.0603. The van der Waals surface area contributed by atoms with E-state index in [4.69, 9.17) is 28.4 Å². The summed E-state index contributed by atoms with van der Waals surface area (Å²) in [5.41, 5.74) is 1.35. The molecule has 1 atom stereocenters. The molecule has 3 rings (SSSR count). The summed E-state index contributed by atoms with van der Waals surface area (Å²) in [6, 6.07) is 15.0. The number of amides is 1. The van der Waals surface area contributed by atoms with E-state index in [-0.39, 0.29) is 23.0 Å². The van der Waals surface area contributed by atoms with Gasteiger partial charge in [-0.1, -0.05) is 30.8 Å². The third kappa shape index (κ3) is 7.98. The first-order valence-electron chi connectivity index (χ1n) is 12.5. The van der Waals surface area contributed by atoms with Crippen LogP contribution in [-0.4, -0.2) is 57.0 Å². The molecule has 1 N–H and O–H groups in total. The van der Waals surface area contributed by atoms with Gasteiger partial charge in [0.1, 0.15) is 23.3 Å². The van der Waals surface area contributed by atoms with E-state index in [9.17, 15) is 14.4 Å². The number of allylic oxidation sites excluding steroid dienone is 1. The van der Waals surface area contributed by atoms with Crippen molar-refractivity contribution in [3.8, 4) is 23.0 Å². The van der Waals surface area contributed by atoms with Gasteiger partial charge in [0.2, 0.25) is 6.79 Å². The van der Waals surface area contributed by atoms with Gasteiger partial charge in [0, 0.05) is 19.2 Å². The second kappa shape index (κ2) is 14.4. The fraction of sp³-hybridized carbons (Fsp3) is 0.267. The summed E-state index contributed by atoms with van der Waals surface area (Å²) >= 11 is 0. The summed E-state index contributed by atoms with van der Waals surface area (Å²) in [7, 11) is 4.49. The maximum absolute atomic E-state index is 13.1. The molecule has 11 heteroatoms. The Balaban J connectivity index is 1.80. The quantitative estimate of drug-likeness (QED) is 0.184. The van der Waals surface area contributed by atoms with E-state index in [1.165, 1.54) is 33.2 Å². The third-order valence-electron chi connectivity index (χ3n) is 5.88. The lowest BCUT2D eigenvalue weighted by atomic mass is 9.89. The zero-order valence-corrected chi connectivity index (χ0v) is 23.5. The average molecular weight is 565 g/mol. The molecule has 1 aromatic heterocycles. The molecule has 11 nitrogen and oxygen atoms in total. The van der Waals surface area contributed by atoms with E-state index in [0.717, 1.165) is 11.1 Å². The summed E-state index contributed by atoms with van der Waals surface area (Å²) in [4.78, 5) is 41.3. The van der Waals surface area contributed by atoms with E-state index >= 15 is 0 Å². The van der Waals surface area contributed by atoms with Crippen molar-refractivity contribution in [2.24, 2.45) is 0 Å². The molecule has 0 radical (unpaired) electrons. The number of nitrogens with zero attached hydrogens (tertiary/aromatic N) is 1. The van der Waals surface area contributed by atoms with Crippen LogP contribution in [-0.2, 0) is 19.1 Å². The van der Waals surface area contributed by atoms with Gasteiger partial charge in [-0.3, -0.25) is 9.59 Å². The summed E-state index contributed by atoms with van der Waals surface area (Å²) in [6.45, 7) is 6.24. The zero-order valence-electron chi connectivity index (χ0n) is 23.5. The molecular formula is C30H32N2O9. The number of methoxy groups -OCH3 is 3. The highest BCUT2D eigenvalue weighted by molar-refractivity contribution is 5.98. The fourth-order valence-electron chi connectivity index (χ4n) is 3.87. The van der Waals surface area contributed by atoms with Crippen LogP contribution in [0.3, 0.4) is 0 Å². The SMILES string of the molecule is C=C(OC(=O)[C@H](C)NC(=O)c1nccc(OC)c1OCOC(C)=O)C(c1cccc(OC)c1)c1cccc(OC)c1. The first kappa shape index (κ1) is 30.5. The Labute approximate surface area is 238 Å². The number of nitrogens with one attached hydrogen (secondary N) is 1. The van der Waals surface area contributed by atoms with Crippen molar-refractivity contribution >= 4 is 17.8 Å². The van der Waals surface area contributed by atoms with Gasteiger partial charge in [0.25, 0.3) is 5.91 Å². The third-order valence-corrected chi connectivity index (χ3v) is 5.88. The smallest absolute Gasteiger partial charge is 0.333 e. The van der Waals surface area contributed by atoms with Crippen LogP contribution in [0.5, 0.6) is 23.0 Å². The molecule has 2 aromatic carbocycles. The molecule has 216 valence electrons. The molecule has 1 heterocycles. The molecule has 0 saturated heterocycles. The number of carbonyl (C=O) groups is 3. The molecule has 41 heavy (non-hydrogen) atoms. The number of aromatic nitrogens is 1. The van der Waals surface area contributed by atoms with Crippen molar-refractivity contribution in [1.29, 1.82) is 0 Å². The Morgan fingerprint density at radius 2 is 1.54 bits per heavy atom. The summed E-state index contributed by atoms with van der Waals surface area (Å²) in [5, 5.41) is 2.55. The van der Waals surface area contributed by atoms with E-state index in [1.807, 2.05) is 36.4 Å². The Bertz CT molecular complexity index is 1360. The summed E-state index contributed by atoms with van der Waals surface area (Å²) < 4.78 is 31.9. The minimum Gasteiger partial charge on any atom is -0.497 e. The summed E-state index contributed by atoms with van der Waals surface area (Å²) in [5.74, 6) is -1.15. The lowest BCUT2D eigenvalue weighted by molar-refractivity contribution is -0.147. The Morgan fingerprint density at radius 1 is 0.927 bits per heavy atom. The van der Waals surface area contributed by atoms with Crippen molar-refractivity contribution in [3.05, 3.63) is 90.0 Å². The van der Waals surface area contributed by atoms with Crippen molar-refractivity contribution in [3.63, 3.8) is 0 Å². The van der Waals surface area contributed by atoms with Crippen LogP contribution >= 0.6 is 0 Å². The molecular weight excluding hydrogens is 532 g/mol. The van der Waals surface area contributed by atoms with Crippen molar-refractivity contribution in [2.75, 3.05) is 28.1 Å². The average Bonchev–Trinajstić information content (AvgIpc) is 2.97. The van der Waals surface area contributed by atoms with Gasteiger partial charge in [0.15, 0.2) is 17.2 Å². The lowest BCUT2D eigenvalue weighted by Crippen LogP contribution is -2.40. The van der Waals surface area contributed by atoms with E-state index in [0.29, 0.717) is 11.5 Å². The summed E-state index contributed by atoms with van der Waals surface area (Å²) in [6.07, 6.45) is 1.34. The first-order chi connectivity index (χ1) is 19.7. The van der Waals surface area contributed by atoms with Crippen LogP contribution in [0.4, 0.5) is 0 Å². The number of hydrogen-bond acceptors (Lipinski definition) is 10. The van der Waals surface area contributed by atoms with Gasteiger partial charge in [-0.2, -0.15) is 0 Å². The molecule has 0 aliphatic heterocycles. The monoisotopic (exact) mass is 564 g/mol. The van der Waals surface area contributed by atoms with Gasteiger partial charge in [-0.25, -0.2) is 9.78 Å². The molecule has 3 aromatic rings. The van der Waals surface area contributed by atoms with Crippen LogP contribution in [0.2, 0.25) is 0 Å². The molecule has 0 bridgehead atoms. The standard InChI is InChI=1S/C30H32N2O9/c1-18(32-29(34)27-28(40-17-39-20(3)33)25(38-6)13-14-31-27)30(35)41-19(2)26(21-9-7-11-23(15-21)36-4)22-10-8-12-24(16-22)37-5/h7-16,18,26H,2,17H2,1,3-6H3,(H,32,34)/t18-/m0/s1. The molecule has 0 unspecified atom stereocenters. The van der Waals surface area contributed by atoms with E-state index in [2.05, 4.69) is 16.9 Å². The van der Waals surface area contributed by atoms with Gasteiger partial charge < -0.3 is 33.7 Å². The number of esters is 2. The highest BCUT2D eigenvalue weighted by Crippen LogP contribution is 2.35. The topological polar surface area (TPSA) is 132 Å². The van der Waals surface area contributed by atoms with Crippen molar-refractivity contribution < 1.29 is 42.8 Å². The molecule has 0 aliphatic carbocycles. The van der Waals surface area contributed by atoms with Gasteiger partial charge in [-0.05, 0) is 42.3 Å². The van der Waals surface area contributed by atoms with Crippen LogP contribution in [0.15, 0.2) is 73.1 Å². The Hall–Kier alpha value is -5.06. The number of ether oxygens (including phenoxy) is 6. The molecule has 1 amide bonds. The van der Waals surface area contributed by atoms with E-state index < -0.39 is 36.6 Å².